The van der Waals surface area contributed by atoms with E-state index in [2.05, 4.69) is 165 Å². The first-order valence-corrected chi connectivity index (χ1v) is 18.3. The summed E-state index contributed by atoms with van der Waals surface area (Å²) in [5.74, 6) is 0. The molecule has 254 valence electrons. The maximum absolute atomic E-state index is 11.0. The van der Waals surface area contributed by atoms with Gasteiger partial charge in [-0.05, 0) is 72.3 Å². The Morgan fingerprint density at radius 1 is 0.364 bits per heavy atom. The fourth-order valence-electron chi connectivity index (χ4n) is 8.81. The molecule has 3 aromatic heterocycles. The molecule has 0 radical (unpaired) electrons. The zero-order chi connectivity index (χ0) is 36.6. The Bertz CT molecular complexity index is 3350. The second-order valence-corrected chi connectivity index (χ2v) is 14.0. The van der Waals surface area contributed by atoms with Crippen molar-refractivity contribution in [3.63, 3.8) is 0 Å². The van der Waals surface area contributed by atoms with E-state index in [-0.39, 0.29) is 0 Å². The van der Waals surface area contributed by atoms with Crippen LogP contribution in [0.15, 0.2) is 176 Å². The van der Waals surface area contributed by atoms with Gasteiger partial charge in [0.2, 0.25) is 0 Å². The minimum atomic E-state index is 0.576. The molecule has 0 saturated carbocycles. The molecule has 8 aromatic carbocycles. The number of hydrogen-bond acceptors (Lipinski definition) is 2. The number of nitrogens with zero attached hydrogens (tertiary/aromatic N) is 5. The second-order valence-electron chi connectivity index (χ2n) is 14.0. The van der Waals surface area contributed by atoms with Crippen LogP contribution in [0, 0.1) is 22.7 Å². The first kappa shape index (κ1) is 30.7. The van der Waals surface area contributed by atoms with Crippen LogP contribution in [-0.4, -0.2) is 13.7 Å². The highest BCUT2D eigenvalue weighted by Gasteiger charge is 2.23. The molecular weight excluding hydrogens is 671 g/mol. The van der Waals surface area contributed by atoms with E-state index < -0.39 is 0 Å². The molecule has 3 heterocycles. The van der Waals surface area contributed by atoms with Crippen molar-refractivity contribution in [2.45, 2.75) is 0 Å². The zero-order valence-electron chi connectivity index (χ0n) is 29.5. The Morgan fingerprint density at radius 2 is 0.873 bits per heavy atom. The zero-order valence-corrected chi connectivity index (χ0v) is 29.5. The fraction of sp³-hybridized carbons (Fsp3) is 0. The summed E-state index contributed by atoms with van der Waals surface area (Å²) in [7, 11) is 0. The number of nitriles is 2. The third-order valence-corrected chi connectivity index (χ3v) is 11.1. The average Bonchev–Trinajstić information content (AvgIpc) is 3.89. The molecule has 0 N–H and O–H groups in total. The molecule has 5 nitrogen and oxygen atoms in total. The van der Waals surface area contributed by atoms with Crippen LogP contribution in [0.3, 0.4) is 0 Å². The molecule has 0 aliphatic heterocycles. The standard InChI is InChI=1S/C50H29N5/c51-30-32-23-28-48-41(29-32)40-16-10-22-49(54-45-19-7-3-13-38(45)39-14-4-8-20-46(39)54)50(40)55(48)47-21-9-15-35(42(47)31-52)33-24-26-34(27-25-33)53-43-17-5-1-11-36(43)37-12-2-6-18-44(37)53/h1-29H. The molecule has 0 bridgehead atoms. The monoisotopic (exact) mass is 699 g/mol. The van der Waals surface area contributed by atoms with Gasteiger partial charge < -0.3 is 13.7 Å². The second kappa shape index (κ2) is 11.8. The summed E-state index contributed by atoms with van der Waals surface area (Å²) in [5, 5.41) is 27.8. The quantitative estimate of drug-likeness (QED) is 0.184. The molecule has 0 fully saturated rings. The van der Waals surface area contributed by atoms with E-state index in [9.17, 15) is 10.5 Å². The largest absolute Gasteiger partial charge is 0.309 e. The SMILES string of the molecule is N#Cc1ccc2c(c1)c1cccc(-n3c4ccccc4c4ccccc43)c1n2-c1cccc(-c2ccc(-n3c4ccccc4c4ccccc43)cc2)c1C#N. The summed E-state index contributed by atoms with van der Waals surface area (Å²) >= 11 is 0. The van der Waals surface area contributed by atoms with Crippen molar-refractivity contribution in [3.8, 4) is 40.3 Å². The van der Waals surface area contributed by atoms with Crippen molar-refractivity contribution in [2.24, 2.45) is 0 Å². The van der Waals surface area contributed by atoms with Crippen molar-refractivity contribution >= 4 is 65.4 Å². The van der Waals surface area contributed by atoms with Gasteiger partial charge in [-0.15, -0.1) is 0 Å². The summed E-state index contributed by atoms with van der Waals surface area (Å²) in [6.45, 7) is 0. The van der Waals surface area contributed by atoms with Gasteiger partial charge in [0.1, 0.15) is 6.07 Å². The molecule has 0 amide bonds. The maximum Gasteiger partial charge on any atom is 0.102 e. The first-order chi connectivity index (χ1) is 27.2. The van der Waals surface area contributed by atoms with Gasteiger partial charge in [-0.3, -0.25) is 0 Å². The minimum Gasteiger partial charge on any atom is -0.309 e. The van der Waals surface area contributed by atoms with Crippen LogP contribution in [0.25, 0.3) is 93.6 Å². The van der Waals surface area contributed by atoms with Crippen LogP contribution in [-0.2, 0) is 0 Å². The lowest BCUT2D eigenvalue weighted by Crippen LogP contribution is -2.03. The molecule has 5 heteroatoms. The molecular formula is C50H29N5. The highest BCUT2D eigenvalue weighted by molar-refractivity contribution is 6.15. The number of benzene rings is 8. The normalized spacial score (nSPS) is 11.6. The van der Waals surface area contributed by atoms with E-state index in [1.807, 2.05) is 36.4 Å². The number of rotatable bonds is 4. The number of fused-ring (bicyclic) bond motifs is 9. The van der Waals surface area contributed by atoms with Crippen LogP contribution >= 0.6 is 0 Å². The summed E-state index contributed by atoms with van der Waals surface area (Å²) in [5.41, 5.74) is 12.2. The van der Waals surface area contributed by atoms with Gasteiger partial charge >= 0.3 is 0 Å². The molecule has 0 unspecified atom stereocenters. The van der Waals surface area contributed by atoms with Gasteiger partial charge in [-0.25, -0.2) is 0 Å². The fourth-order valence-corrected chi connectivity index (χ4v) is 8.81. The van der Waals surface area contributed by atoms with Crippen molar-refractivity contribution < 1.29 is 0 Å². The van der Waals surface area contributed by atoms with Gasteiger partial charge in [-0.2, -0.15) is 10.5 Å². The van der Waals surface area contributed by atoms with Gasteiger partial charge in [0, 0.05) is 43.6 Å². The maximum atomic E-state index is 11.0. The topological polar surface area (TPSA) is 62.4 Å². The van der Waals surface area contributed by atoms with Gasteiger partial charge in [0.25, 0.3) is 0 Å². The third-order valence-electron chi connectivity index (χ3n) is 11.1. The van der Waals surface area contributed by atoms with Crippen molar-refractivity contribution in [1.82, 2.24) is 13.7 Å². The predicted octanol–water partition coefficient (Wildman–Crippen LogP) is 12.4. The highest BCUT2D eigenvalue weighted by Crippen LogP contribution is 2.42. The lowest BCUT2D eigenvalue weighted by atomic mass is 9.98. The molecule has 0 saturated heterocycles. The molecule has 11 aromatic rings. The number of aromatic nitrogens is 3. The Kier molecular flexibility index (Phi) is 6.61. The van der Waals surface area contributed by atoms with E-state index in [0.717, 1.165) is 72.1 Å². The van der Waals surface area contributed by atoms with E-state index in [1.165, 1.54) is 21.5 Å². The van der Waals surface area contributed by atoms with E-state index in [1.54, 1.807) is 0 Å². The van der Waals surface area contributed by atoms with Crippen molar-refractivity contribution in [2.75, 3.05) is 0 Å². The Hall–Kier alpha value is -7.86. The third kappa shape index (κ3) is 4.39. The van der Waals surface area contributed by atoms with Crippen LogP contribution in [0.2, 0.25) is 0 Å². The minimum absolute atomic E-state index is 0.576. The van der Waals surface area contributed by atoms with E-state index in [0.29, 0.717) is 11.1 Å². The number of para-hydroxylation sites is 5. The first-order valence-electron chi connectivity index (χ1n) is 18.3. The average molecular weight is 700 g/mol. The van der Waals surface area contributed by atoms with Crippen LogP contribution in [0.5, 0.6) is 0 Å². The predicted molar refractivity (Wildman–Crippen MR) is 224 cm³/mol. The van der Waals surface area contributed by atoms with Crippen molar-refractivity contribution in [3.05, 3.63) is 187 Å². The van der Waals surface area contributed by atoms with Gasteiger partial charge in [0.05, 0.1) is 61.7 Å². The summed E-state index contributed by atoms with van der Waals surface area (Å²) < 4.78 is 6.86. The summed E-state index contributed by atoms with van der Waals surface area (Å²) in [6, 6.07) is 65.8. The Balaban J connectivity index is 1.16. The van der Waals surface area contributed by atoms with Crippen LogP contribution in [0.4, 0.5) is 0 Å². The molecule has 0 aliphatic rings. The van der Waals surface area contributed by atoms with Gasteiger partial charge in [0.15, 0.2) is 0 Å². The molecule has 55 heavy (non-hydrogen) atoms. The molecule has 11 rings (SSSR count). The smallest absolute Gasteiger partial charge is 0.102 e. The number of hydrogen-bond donors (Lipinski definition) is 0. The lowest BCUT2D eigenvalue weighted by Gasteiger charge is -2.17. The summed E-state index contributed by atoms with van der Waals surface area (Å²) in [4.78, 5) is 0. The van der Waals surface area contributed by atoms with Crippen molar-refractivity contribution in [1.29, 1.82) is 10.5 Å². The lowest BCUT2D eigenvalue weighted by molar-refractivity contribution is 1.12. The Morgan fingerprint density at radius 3 is 1.45 bits per heavy atom. The molecule has 0 atom stereocenters. The summed E-state index contributed by atoms with van der Waals surface area (Å²) in [6.07, 6.45) is 0. The highest BCUT2D eigenvalue weighted by atomic mass is 15.1. The Labute approximate surface area is 316 Å². The van der Waals surface area contributed by atoms with Gasteiger partial charge in [-0.1, -0.05) is 109 Å². The van der Waals surface area contributed by atoms with Crippen LogP contribution < -0.4 is 0 Å². The van der Waals surface area contributed by atoms with Crippen LogP contribution in [0.1, 0.15) is 11.1 Å². The molecule has 0 aliphatic carbocycles. The van der Waals surface area contributed by atoms with E-state index >= 15 is 0 Å². The van der Waals surface area contributed by atoms with E-state index in [4.69, 9.17) is 0 Å². The molecule has 0 spiro atoms.